The van der Waals surface area contributed by atoms with Gasteiger partial charge in [-0.05, 0) is 69.2 Å². The highest BCUT2D eigenvalue weighted by molar-refractivity contribution is 6.05. The number of unbranched alkanes of at least 4 members (excludes halogenated alkanes) is 11. The number of cyclic esters (lactones) is 1. The van der Waals surface area contributed by atoms with Crippen LogP contribution in [0.25, 0.3) is 10.9 Å². The van der Waals surface area contributed by atoms with Crippen molar-refractivity contribution < 1.29 is 131 Å². The SMILES string of the molecule is CCCCCCCCCC(=O)NC(Cc1c[nH]c2ccccc12)C(=O)NC(CC(N)=O)C(=O)NC(CC(=O)O)C(=O)NC1C(=O)NCC(=O)NC(CCCNC(=O)C(N)CCCCCCCC)C(=O)NC(CC(=O)O)C(=O)NC(C)C(=O)NC(CC(=O)O)C(=O)NCC(=O)NC(CO)C(=O)NC(C(C)CC(=O)O)C(=O)NC(CC(=O)c2ccccc2N)C(=O)OC1C. The lowest BCUT2D eigenvalue weighted by atomic mass is 9.96. The number of hydrogen-bond donors (Lipinski definition) is 23. The first-order valence-electron chi connectivity index (χ1n) is 42.0. The zero-order chi connectivity index (χ0) is 94.6. The van der Waals surface area contributed by atoms with Crippen molar-refractivity contribution in [1.29, 1.82) is 0 Å². The van der Waals surface area contributed by atoms with Crippen molar-refractivity contribution in [2.75, 3.05) is 32.0 Å². The number of fused-ring (bicyclic) bond motifs is 1. The van der Waals surface area contributed by atoms with E-state index in [0.717, 1.165) is 85.0 Å². The predicted molar refractivity (Wildman–Crippen MR) is 450 cm³/mol. The molecule has 1 fully saturated rings. The number of nitrogens with one attached hydrogen (secondary N) is 15. The normalized spacial score (nSPS) is 20.5. The molecular formula is C82H120N18O27. The number of carbonyl (C=O) groups excluding carboxylic acids is 17. The molecule has 14 atom stereocenters. The van der Waals surface area contributed by atoms with Crippen LogP contribution in [-0.2, 0) is 107 Å². The van der Waals surface area contributed by atoms with Crippen molar-refractivity contribution >= 4 is 141 Å². The van der Waals surface area contributed by atoms with Gasteiger partial charge in [-0.2, -0.15) is 0 Å². The van der Waals surface area contributed by atoms with Crippen LogP contribution in [0.2, 0.25) is 0 Å². The molecule has 14 unspecified atom stereocenters. The predicted octanol–water partition coefficient (Wildman–Crippen LogP) is -3.39. The average Bonchev–Trinajstić information content (AvgIpc) is 1.69. The number of hydrogen-bond acceptors (Lipinski definition) is 25. The van der Waals surface area contributed by atoms with E-state index in [0.29, 0.717) is 35.7 Å². The Labute approximate surface area is 730 Å². The van der Waals surface area contributed by atoms with E-state index in [4.69, 9.17) is 21.9 Å². The number of nitrogens with two attached hydrogens (primary N) is 3. The lowest BCUT2D eigenvalue weighted by Crippen LogP contribution is -2.62. The van der Waals surface area contributed by atoms with Crippen LogP contribution < -0.4 is 91.6 Å². The van der Waals surface area contributed by atoms with E-state index in [9.17, 15) is 126 Å². The van der Waals surface area contributed by atoms with Crippen molar-refractivity contribution in [1.82, 2.24) is 79.4 Å². The Kier molecular flexibility index (Phi) is 46.1. The molecule has 2 heterocycles. The van der Waals surface area contributed by atoms with Gasteiger partial charge in [0.25, 0.3) is 0 Å². The summed E-state index contributed by atoms with van der Waals surface area (Å²) in [4.78, 5) is 293. The highest BCUT2D eigenvalue weighted by Crippen LogP contribution is 2.22. The van der Waals surface area contributed by atoms with Crippen LogP contribution in [-0.4, -0.2) is 260 Å². The van der Waals surface area contributed by atoms with Gasteiger partial charge in [-0.3, -0.25) is 95.9 Å². The number of nitrogen functional groups attached to an aromatic ring is 1. The maximum Gasteiger partial charge on any atom is 0.329 e. The number of carboxylic acids is 4. The summed E-state index contributed by atoms with van der Waals surface area (Å²) >= 11 is 0. The highest BCUT2D eigenvalue weighted by atomic mass is 16.5. The van der Waals surface area contributed by atoms with Gasteiger partial charge in [-0.1, -0.05) is 128 Å². The summed E-state index contributed by atoms with van der Waals surface area (Å²) in [7, 11) is 0. The molecule has 127 heavy (non-hydrogen) atoms. The van der Waals surface area contributed by atoms with Crippen molar-refractivity contribution in [2.45, 2.75) is 267 Å². The number of anilines is 1. The summed E-state index contributed by atoms with van der Waals surface area (Å²) in [5.74, 6) is -30.8. The minimum absolute atomic E-state index is 0.0287. The lowest BCUT2D eigenvalue weighted by Gasteiger charge is -2.30. The molecular weight excluding hydrogens is 1670 g/mol. The van der Waals surface area contributed by atoms with Gasteiger partial charge >= 0.3 is 29.8 Å². The minimum atomic E-state index is -2.49. The Hall–Kier alpha value is -13.2. The van der Waals surface area contributed by atoms with Crippen LogP contribution in [0.4, 0.5) is 5.69 Å². The van der Waals surface area contributed by atoms with Crippen molar-refractivity contribution in [3.8, 4) is 0 Å². The largest absolute Gasteiger partial charge is 0.481 e. The number of aliphatic hydroxyl groups is 1. The molecule has 1 saturated heterocycles. The number of benzene rings is 2. The van der Waals surface area contributed by atoms with Gasteiger partial charge in [0.05, 0.1) is 57.8 Å². The number of primary amides is 1. The number of carboxylic acid groups (broad SMARTS) is 4. The van der Waals surface area contributed by atoms with Crippen molar-refractivity contribution in [3.05, 3.63) is 65.9 Å². The summed E-state index contributed by atoms with van der Waals surface area (Å²) < 4.78 is 5.73. The average molecular weight is 1790 g/mol. The Morgan fingerprint density at radius 1 is 0.520 bits per heavy atom. The van der Waals surface area contributed by atoms with Gasteiger partial charge in [0.15, 0.2) is 5.78 Å². The summed E-state index contributed by atoms with van der Waals surface area (Å²) in [5.41, 5.74) is 18.6. The van der Waals surface area contributed by atoms with Crippen LogP contribution in [0.5, 0.6) is 0 Å². The smallest absolute Gasteiger partial charge is 0.329 e. The molecule has 1 aromatic heterocycles. The molecule has 0 bridgehead atoms. The monoisotopic (exact) mass is 1790 g/mol. The molecule has 15 amide bonds. The van der Waals surface area contributed by atoms with Gasteiger partial charge in [-0.15, -0.1) is 0 Å². The number of amides is 15. The van der Waals surface area contributed by atoms with Gasteiger partial charge in [0.2, 0.25) is 88.6 Å². The quantitative estimate of drug-likeness (QED) is 0.0114. The van der Waals surface area contributed by atoms with E-state index in [2.05, 4.69) is 70.4 Å². The van der Waals surface area contributed by atoms with E-state index in [1.54, 1.807) is 30.5 Å². The number of aliphatic carboxylic acids is 4. The third-order valence-electron chi connectivity index (χ3n) is 20.3. The molecule has 0 spiro atoms. The number of H-pyrrole nitrogens is 1. The Bertz CT molecular complexity index is 4370. The Morgan fingerprint density at radius 2 is 1.05 bits per heavy atom. The molecule has 1 aliphatic heterocycles. The molecule has 0 saturated carbocycles. The van der Waals surface area contributed by atoms with Crippen molar-refractivity contribution in [2.24, 2.45) is 17.4 Å². The van der Waals surface area contributed by atoms with Crippen LogP contribution in [0, 0.1) is 5.92 Å². The van der Waals surface area contributed by atoms with Crippen LogP contribution in [0.1, 0.15) is 198 Å². The van der Waals surface area contributed by atoms with E-state index in [1.807, 2.05) is 22.9 Å². The number of aromatic nitrogens is 1. The number of aliphatic hydroxyl groups excluding tert-OH is 1. The Morgan fingerprint density at radius 3 is 1.65 bits per heavy atom. The Balaban J connectivity index is 1.92. The third kappa shape index (κ3) is 38.4. The molecule has 0 radical (unpaired) electrons. The molecule has 2 aromatic carbocycles. The fraction of sp³-hybridized carbons (Fsp3) is 0.573. The molecule has 45 heteroatoms. The van der Waals surface area contributed by atoms with Crippen LogP contribution in [0.15, 0.2) is 54.7 Å². The number of ether oxygens (including phenoxy) is 1. The molecule has 26 N–H and O–H groups in total. The zero-order valence-corrected chi connectivity index (χ0v) is 71.5. The second-order valence-corrected chi connectivity index (χ2v) is 30.9. The van der Waals surface area contributed by atoms with Crippen LogP contribution in [0.3, 0.4) is 0 Å². The first kappa shape index (κ1) is 106. The number of aromatic amines is 1. The van der Waals surface area contributed by atoms with Gasteiger partial charge in [0, 0.05) is 54.2 Å². The summed E-state index contributed by atoms with van der Waals surface area (Å²) in [6.45, 7) is 2.98. The second-order valence-electron chi connectivity index (χ2n) is 30.9. The van der Waals surface area contributed by atoms with Gasteiger partial charge in [-0.25, -0.2) is 4.79 Å². The van der Waals surface area contributed by atoms with E-state index >= 15 is 0 Å². The van der Waals surface area contributed by atoms with E-state index in [-0.39, 0.29) is 43.5 Å². The molecule has 0 aliphatic carbocycles. The number of esters is 1. The summed E-state index contributed by atoms with van der Waals surface area (Å²) in [5, 5.41) is 82.0. The van der Waals surface area contributed by atoms with E-state index in [1.165, 1.54) is 24.3 Å². The minimum Gasteiger partial charge on any atom is -0.481 e. The maximum atomic E-state index is 15.0. The number of para-hydroxylation sites is 2. The van der Waals surface area contributed by atoms with E-state index < -0.39 is 273 Å². The highest BCUT2D eigenvalue weighted by Gasteiger charge is 2.41. The maximum absolute atomic E-state index is 15.0. The van der Waals surface area contributed by atoms with Gasteiger partial charge in [0.1, 0.15) is 72.6 Å². The zero-order valence-electron chi connectivity index (χ0n) is 71.5. The molecule has 45 nitrogen and oxygen atoms in total. The fourth-order valence-corrected chi connectivity index (χ4v) is 13.3. The number of Topliss-reactive ketones (excluding diaryl/α,β-unsaturated/α-hetero) is 1. The van der Waals surface area contributed by atoms with Gasteiger partial charge < -0.3 is 127 Å². The third-order valence-corrected chi connectivity index (χ3v) is 20.3. The molecule has 700 valence electrons. The molecule has 1 aliphatic rings. The summed E-state index contributed by atoms with van der Waals surface area (Å²) in [6, 6.07) is -12.0. The topological polar surface area (TPSA) is 731 Å². The molecule has 4 rings (SSSR count). The standard InChI is InChI=1S/C82H120N18O27/c1-6-8-10-12-14-16-18-30-62(104)92-53(33-46-39-87-51-28-22-20-24-47(46)51)76(120)95-54(35-61(85)103)77(121)97-57(38-68(113)114)78(122)100-70-45(5)127-82(126)58(34-60(102)48-25-19-21-26-49(48)83)98-81(125)69(43(3)32-65(107)108)99-79(123)59(42-101)93-64(106)40-88-73(117)55(36-66(109)110)94-71(115)44(4)90-75(119)56(37-67(111)112)96-74(118)52(91-63(105)41-89-80(70)124)29-23-31-86-72(116)50(84)27-17-15-13-11-9-7-2/h19-22,24-26,28,39,43-45,50,52-59,69-70,87,101H,6-18,23,27,29-38,40-42,83-84H2,1-5H3,(H2,85,103)(H,86,116)(H,88,117)(H,89,124)(H,90,119)(H,91,105)(H,92,104)(H,93,106)(H,94,115)(H,95,120)(H,96,118)(H,97,121)(H,98,125)(H,99,123)(H,100,122)(H,107,108)(H,109,110)(H,111,112)(H,113,114). The number of ketones is 1. The summed E-state index contributed by atoms with van der Waals surface area (Å²) in [6.07, 6.45) is 2.73. The second kappa shape index (κ2) is 55.2. The number of rotatable bonds is 44. The molecule has 3 aromatic rings. The first-order chi connectivity index (χ1) is 60.2. The fourth-order valence-electron chi connectivity index (χ4n) is 13.3. The van der Waals surface area contributed by atoms with Crippen LogP contribution >= 0.6 is 0 Å². The lowest BCUT2D eigenvalue weighted by molar-refractivity contribution is -0.156. The van der Waals surface area contributed by atoms with Crippen molar-refractivity contribution in [3.63, 3.8) is 0 Å². The number of carbonyl (C=O) groups is 21. The first-order valence-corrected chi connectivity index (χ1v) is 42.0.